The molecule has 0 radical (unpaired) electrons. The fourth-order valence-electron chi connectivity index (χ4n) is 1.72. The standard InChI is InChI=1S/C11H13NO3.ClH/c1-14-11(13)8-4-2-3-7-9(12)5-6-15-10(7)8;/h2-4,9H,5-6,12H2,1H3;1H/t9-;/m1./s1. The first kappa shape index (κ1) is 12.8. The van der Waals surface area contributed by atoms with Gasteiger partial charge < -0.3 is 15.2 Å². The third-order valence-electron chi connectivity index (χ3n) is 2.53. The number of carbonyl (C=O) groups is 1. The molecular formula is C11H14ClNO3. The van der Waals surface area contributed by atoms with Crippen LogP contribution in [0.2, 0.25) is 0 Å². The predicted octanol–water partition coefficient (Wildman–Crippen LogP) is 1.68. The molecule has 0 fully saturated rings. The summed E-state index contributed by atoms with van der Waals surface area (Å²) in [7, 11) is 1.35. The Labute approximate surface area is 100 Å². The number of halogens is 1. The summed E-state index contributed by atoms with van der Waals surface area (Å²) in [6.07, 6.45) is 0.775. The molecule has 5 heteroatoms. The van der Waals surface area contributed by atoms with Crippen LogP contribution in [0.3, 0.4) is 0 Å². The Bertz CT molecular complexity index is 395. The molecule has 0 saturated carbocycles. The van der Waals surface area contributed by atoms with Gasteiger partial charge in [0.1, 0.15) is 11.3 Å². The first-order valence-electron chi connectivity index (χ1n) is 4.83. The molecule has 0 spiro atoms. The normalized spacial score (nSPS) is 17.8. The van der Waals surface area contributed by atoms with Crippen LogP contribution in [-0.2, 0) is 4.74 Å². The van der Waals surface area contributed by atoms with Gasteiger partial charge in [-0.3, -0.25) is 0 Å². The first-order valence-corrected chi connectivity index (χ1v) is 4.83. The topological polar surface area (TPSA) is 61.5 Å². The number of carbonyl (C=O) groups excluding carboxylic acids is 1. The molecule has 0 unspecified atom stereocenters. The third kappa shape index (κ3) is 2.13. The van der Waals surface area contributed by atoms with Gasteiger partial charge in [-0.25, -0.2) is 4.79 Å². The van der Waals surface area contributed by atoms with Crippen LogP contribution < -0.4 is 10.5 Å². The lowest BCUT2D eigenvalue weighted by molar-refractivity contribution is 0.0594. The number of nitrogens with two attached hydrogens (primary N) is 1. The molecule has 0 amide bonds. The SMILES string of the molecule is COC(=O)c1cccc2c1OCC[C@H]2N.Cl. The molecule has 0 aliphatic carbocycles. The van der Waals surface area contributed by atoms with E-state index in [1.165, 1.54) is 7.11 Å². The van der Waals surface area contributed by atoms with Crippen molar-refractivity contribution < 1.29 is 14.3 Å². The Morgan fingerprint density at radius 2 is 2.31 bits per heavy atom. The largest absolute Gasteiger partial charge is 0.492 e. The molecular weight excluding hydrogens is 230 g/mol. The number of fused-ring (bicyclic) bond motifs is 1. The summed E-state index contributed by atoms with van der Waals surface area (Å²) >= 11 is 0. The highest BCUT2D eigenvalue weighted by Gasteiger charge is 2.23. The van der Waals surface area contributed by atoms with Crippen molar-refractivity contribution in [1.82, 2.24) is 0 Å². The van der Waals surface area contributed by atoms with Crippen molar-refractivity contribution in [3.63, 3.8) is 0 Å². The van der Waals surface area contributed by atoms with Crippen LogP contribution in [0.25, 0.3) is 0 Å². The van der Waals surface area contributed by atoms with E-state index in [1.807, 2.05) is 6.07 Å². The number of hydrogen-bond donors (Lipinski definition) is 1. The second-order valence-corrected chi connectivity index (χ2v) is 3.46. The average molecular weight is 244 g/mol. The molecule has 0 bridgehead atoms. The van der Waals surface area contributed by atoms with E-state index in [0.717, 1.165) is 12.0 Å². The lowest BCUT2D eigenvalue weighted by Crippen LogP contribution is -2.22. The van der Waals surface area contributed by atoms with Crippen molar-refractivity contribution in [2.75, 3.05) is 13.7 Å². The first-order chi connectivity index (χ1) is 7.24. The van der Waals surface area contributed by atoms with E-state index in [1.54, 1.807) is 12.1 Å². The summed E-state index contributed by atoms with van der Waals surface area (Å²) in [5.74, 6) is 0.184. The maximum absolute atomic E-state index is 11.4. The maximum Gasteiger partial charge on any atom is 0.341 e. The van der Waals surface area contributed by atoms with Gasteiger partial charge in [-0.1, -0.05) is 12.1 Å². The predicted molar refractivity (Wildman–Crippen MR) is 62.1 cm³/mol. The van der Waals surface area contributed by atoms with Crippen LogP contribution in [0.4, 0.5) is 0 Å². The van der Waals surface area contributed by atoms with Gasteiger partial charge in [0.25, 0.3) is 0 Å². The summed E-state index contributed by atoms with van der Waals surface area (Å²) in [4.78, 5) is 11.4. The van der Waals surface area contributed by atoms with E-state index in [2.05, 4.69) is 4.74 Å². The Morgan fingerprint density at radius 1 is 1.56 bits per heavy atom. The van der Waals surface area contributed by atoms with Gasteiger partial charge in [-0.05, 0) is 6.07 Å². The Balaban J connectivity index is 0.00000128. The van der Waals surface area contributed by atoms with E-state index >= 15 is 0 Å². The number of rotatable bonds is 1. The van der Waals surface area contributed by atoms with Gasteiger partial charge in [0.05, 0.1) is 13.7 Å². The van der Waals surface area contributed by atoms with Crippen molar-refractivity contribution in [3.05, 3.63) is 29.3 Å². The van der Waals surface area contributed by atoms with E-state index in [0.29, 0.717) is 17.9 Å². The molecule has 0 aromatic heterocycles. The molecule has 1 aromatic rings. The average Bonchev–Trinajstić information content (AvgIpc) is 2.28. The highest BCUT2D eigenvalue weighted by molar-refractivity contribution is 5.93. The van der Waals surface area contributed by atoms with Crippen molar-refractivity contribution in [1.29, 1.82) is 0 Å². The van der Waals surface area contributed by atoms with Gasteiger partial charge in [0.2, 0.25) is 0 Å². The number of para-hydroxylation sites is 1. The van der Waals surface area contributed by atoms with E-state index in [9.17, 15) is 4.79 Å². The Hall–Kier alpha value is -1.26. The highest BCUT2D eigenvalue weighted by Crippen LogP contribution is 2.33. The van der Waals surface area contributed by atoms with Crippen LogP contribution in [0.1, 0.15) is 28.4 Å². The van der Waals surface area contributed by atoms with Crippen LogP contribution in [0, 0.1) is 0 Å². The van der Waals surface area contributed by atoms with E-state index in [4.69, 9.17) is 10.5 Å². The smallest absolute Gasteiger partial charge is 0.341 e. The lowest BCUT2D eigenvalue weighted by atomic mass is 9.98. The van der Waals surface area contributed by atoms with Crippen molar-refractivity contribution in [2.45, 2.75) is 12.5 Å². The van der Waals surface area contributed by atoms with Crippen molar-refractivity contribution >= 4 is 18.4 Å². The number of benzene rings is 1. The molecule has 4 nitrogen and oxygen atoms in total. The quantitative estimate of drug-likeness (QED) is 0.763. The molecule has 16 heavy (non-hydrogen) atoms. The number of methoxy groups -OCH3 is 1. The lowest BCUT2D eigenvalue weighted by Gasteiger charge is -2.24. The summed E-state index contributed by atoms with van der Waals surface area (Å²) < 4.78 is 10.1. The molecule has 2 rings (SSSR count). The zero-order chi connectivity index (χ0) is 10.8. The second kappa shape index (κ2) is 5.18. The monoisotopic (exact) mass is 243 g/mol. The molecule has 1 heterocycles. The molecule has 1 atom stereocenters. The van der Waals surface area contributed by atoms with E-state index < -0.39 is 0 Å². The van der Waals surface area contributed by atoms with Crippen LogP contribution >= 0.6 is 12.4 Å². The summed E-state index contributed by atoms with van der Waals surface area (Å²) in [5.41, 5.74) is 7.25. The number of ether oxygens (including phenoxy) is 2. The van der Waals surface area contributed by atoms with Crippen LogP contribution in [0.5, 0.6) is 5.75 Å². The zero-order valence-electron chi connectivity index (χ0n) is 8.93. The van der Waals surface area contributed by atoms with Crippen molar-refractivity contribution in [3.8, 4) is 5.75 Å². The molecule has 88 valence electrons. The van der Waals surface area contributed by atoms with E-state index in [-0.39, 0.29) is 24.4 Å². The Morgan fingerprint density at radius 3 is 3.00 bits per heavy atom. The van der Waals surface area contributed by atoms with Gasteiger partial charge in [0.15, 0.2) is 0 Å². The second-order valence-electron chi connectivity index (χ2n) is 3.46. The minimum absolute atomic E-state index is 0. The molecule has 1 aliphatic heterocycles. The maximum atomic E-state index is 11.4. The van der Waals surface area contributed by atoms with Gasteiger partial charge in [0, 0.05) is 18.0 Å². The number of hydrogen-bond acceptors (Lipinski definition) is 4. The Kier molecular flexibility index (Phi) is 4.15. The van der Waals surface area contributed by atoms with Crippen molar-refractivity contribution in [2.24, 2.45) is 5.73 Å². The molecule has 1 aromatic carbocycles. The number of esters is 1. The van der Waals surface area contributed by atoms with Crippen LogP contribution in [0.15, 0.2) is 18.2 Å². The van der Waals surface area contributed by atoms with Gasteiger partial charge in [-0.2, -0.15) is 0 Å². The zero-order valence-corrected chi connectivity index (χ0v) is 9.75. The fraction of sp³-hybridized carbons (Fsp3) is 0.364. The molecule has 1 aliphatic rings. The van der Waals surface area contributed by atoms with Gasteiger partial charge in [-0.15, -0.1) is 12.4 Å². The highest BCUT2D eigenvalue weighted by atomic mass is 35.5. The fourth-order valence-corrected chi connectivity index (χ4v) is 1.72. The summed E-state index contributed by atoms with van der Waals surface area (Å²) in [5, 5.41) is 0. The van der Waals surface area contributed by atoms with Gasteiger partial charge >= 0.3 is 5.97 Å². The minimum atomic E-state index is -0.388. The summed E-state index contributed by atoms with van der Waals surface area (Å²) in [6.45, 7) is 0.544. The summed E-state index contributed by atoms with van der Waals surface area (Å²) in [6, 6.07) is 5.30. The third-order valence-corrected chi connectivity index (χ3v) is 2.53. The molecule has 0 saturated heterocycles. The molecule has 2 N–H and O–H groups in total. The van der Waals surface area contributed by atoms with Crippen LogP contribution in [-0.4, -0.2) is 19.7 Å². The minimum Gasteiger partial charge on any atom is -0.492 e.